The summed E-state index contributed by atoms with van der Waals surface area (Å²) < 4.78 is 0. The van der Waals surface area contributed by atoms with Crippen LogP contribution in [0.4, 0.5) is 5.82 Å². The number of aromatic nitrogens is 6. The first-order valence-corrected chi connectivity index (χ1v) is 16.4. The van der Waals surface area contributed by atoms with Gasteiger partial charge in [-0.2, -0.15) is 0 Å². The van der Waals surface area contributed by atoms with Crippen molar-refractivity contribution in [3.63, 3.8) is 0 Å². The highest BCUT2D eigenvalue weighted by Gasteiger charge is 2.16. The number of halogens is 1. The molecule has 6 heterocycles. The average molecular weight is 693 g/mol. The maximum Gasteiger partial charge on any atom is 0.196 e. The quantitative estimate of drug-likeness (QED) is 0.0929. The van der Waals surface area contributed by atoms with E-state index < -0.39 is 0 Å². The van der Waals surface area contributed by atoms with Crippen molar-refractivity contribution in [1.82, 2.24) is 29.9 Å². The topological polar surface area (TPSA) is 155 Å². The van der Waals surface area contributed by atoms with Crippen molar-refractivity contribution in [1.29, 1.82) is 0 Å². The highest BCUT2D eigenvalue weighted by Crippen LogP contribution is 2.21. The minimum absolute atomic E-state index is 0.0682. The van der Waals surface area contributed by atoms with Gasteiger partial charge >= 0.3 is 0 Å². The van der Waals surface area contributed by atoms with Gasteiger partial charge in [-0.3, -0.25) is 9.59 Å². The molecule has 0 saturated carbocycles. The molecule has 0 spiro atoms. The first kappa shape index (κ1) is 34.4. The Bertz CT molecular complexity index is 2340. The standard InChI is InChI=1S/C20H16N4O.C13H8ClN3O.C7H9N/c25-19(17-13-24-20-16(17)7-4-10-21-20)15-8-9-18(23-12-15)22-11-14-5-2-1-3-6-14;14-11-4-3-8(6-16-11)12(18)10-7-17-13-9(10)2-1-5-15-13;8-6-7-4-2-1-3-5-7/h1-10,12-13H,11H2,(H,21,24)(H,22,23);1-7H,(H,15,17);1-5H,6,8H2. The number of aromatic amines is 2. The van der Waals surface area contributed by atoms with E-state index in [4.69, 9.17) is 17.3 Å². The van der Waals surface area contributed by atoms with Gasteiger partial charge in [0, 0.05) is 83.3 Å². The highest BCUT2D eigenvalue weighted by atomic mass is 35.5. The molecule has 0 amide bonds. The van der Waals surface area contributed by atoms with Crippen molar-refractivity contribution in [3.8, 4) is 0 Å². The molecule has 0 aliphatic carbocycles. The van der Waals surface area contributed by atoms with E-state index in [1.807, 2.05) is 72.8 Å². The van der Waals surface area contributed by atoms with E-state index in [-0.39, 0.29) is 11.6 Å². The third-order valence-corrected chi connectivity index (χ3v) is 8.03. The second-order valence-electron chi connectivity index (χ2n) is 11.2. The Hall–Kier alpha value is -6.49. The third-order valence-electron chi connectivity index (χ3n) is 7.80. The minimum atomic E-state index is -0.0987. The van der Waals surface area contributed by atoms with Gasteiger partial charge in [-0.1, -0.05) is 72.3 Å². The Morgan fingerprint density at radius 3 is 1.61 bits per heavy atom. The van der Waals surface area contributed by atoms with Crippen LogP contribution in [-0.2, 0) is 13.1 Å². The zero-order chi connectivity index (χ0) is 35.4. The molecule has 0 atom stereocenters. The SMILES string of the molecule is NCc1ccccc1.O=C(c1ccc(Cl)nc1)c1c[nH]c2ncccc12.O=C(c1ccc(NCc2ccccc2)nc1)c1c[nH]c2ncccc12. The fourth-order valence-electron chi connectivity index (χ4n) is 5.14. The number of H-pyrrole nitrogens is 2. The zero-order valence-electron chi connectivity index (χ0n) is 27.3. The van der Waals surface area contributed by atoms with Crippen molar-refractivity contribution in [2.24, 2.45) is 5.73 Å². The lowest BCUT2D eigenvalue weighted by atomic mass is 10.1. The van der Waals surface area contributed by atoms with Gasteiger partial charge < -0.3 is 21.0 Å². The van der Waals surface area contributed by atoms with E-state index in [0.717, 1.165) is 16.6 Å². The molecule has 51 heavy (non-hydrogen) atoms. The number of carbonyl (C=O) groups is 2. The third kappa shape index (κ3) is 8.76. The van der Waals surface area contributed by atoms with Crippen molar-refractivity contribution in [3.05, 3.63) is 185 Å². The lowest BCUT2D eigenvalue weighted by Crippen LogP contribution is -2.04. The Labute approximate surface area is 298 Å². The molecule has 11 heteroatoms. The van der Waals surface area contributed by atoms with E-state index in [2.05, 4.69) is 47.4 Å². The van der Waals surface area contributed by atoms with Crippen LogP contribution in [0.1, 0.15) is 43.0 Å². The molecule has 2 aromatic carbocycles. The second kappa shape index (κ2) is 16.8. The lowest BCUT2D eigenvalue weighted by molar-refractivity contribution is 0.103. The number of nitrogens with one attached hydrogen (secondary N) is 3. The molecule has 0 aliphatic rings. The van der Waals surface area contributed by atoms with Crippen LogP contribution in [0.3, 0.4) is 0 Å². The first-order chi connectivity index (χ1) is 25.0. The normalized spacial score (nSPS) is 10.5. The summed E-state index contributed by atoms with van der Waals surface area (Å²) in [6.45, 7) is 1.33. The minimum Gasteiger partial charge on any atom is -0.366 e. The monoisotopic (exact) mass is 692 g/mol. The molecule has 0 unspecified atom stereocenters. The molecule has 10 nitrogen and oxygen atoms in total. The molecule has 0 bridgehead atoms. The van der Waals surface area contributed by atoms with Crippen LogP contribution < -0.4 is 11.1 Å². The number of nitrogens with two attached hydrogens (primary N) is 1. The van der Waals surface area contributed by atoms with Crippen molar-refractivity contribution in [2.75, 3.05) is 5.32 Å². The Morgan fingerprint density at radius 2 is 1.14 bits per heavy atom. The maximum absolute atomic E-state index is 12.7. The number of pyridine rings is 4. The van der Waals surface area contributed by atoms with Crippen LogP contribution in [0.2, 0.25) is 5.15 Å². The van der Waals surface area contributed by atoms with Gasteiger partial charge in [0.25, 0.3) is 0 Å². The summed E-state index contributed by atoms with van der Waals surface area (Å²) in [5, 5.41) is 5.24. The molecular formula is C40H33ClN8O2. The van der Waals surface area contributed by atoms with Gasteiger partial charge in [-0.25, -0.2) is 19.9 Å². The number of benzene rings is 2. The van der Waals surface area contributed by atoms with E-state index in [0.29, 0.717) is 51.8 Å². The van der Waals surface area contributed by atoms with E-state index in [1.165, 1.54) is 17.3 Å². The van der Waals surface area contributed by atoms with E-state index in [9.17, 15) is 9.59 Å². The number of fused-ring (bicyclic) bond motifs is 2. The summed E-state index contributed by atoms with van der Waals surface area (Å²) in [6.07, 6.45) is 9.81. The number of anilines is 1. The maximum atomic E-state index is 12.7. The summed E-state index contributed by atoms with van der Waals surface area (Å²) in [4.78, 5) is 47.6. The number of hydrogen-bond donors (Lipinski definition) is 4. The molecular weight excluding hydrogens is 660 g/mol. The van der Waals surface area contributed by atoms with Crippen molar-refractivity contribution in [2.45, 2.75) is 13.1 Å². The molecule has 6 aromatic heterocycles. The van der Waals surface area contributed by atoms with Crippen molar-refractivity contribution < 1.29 is 9.59 Å². The molecule has 252 valence electrons. The highest BCUT2D eigenvalue weighted by molar-refractivity contribution is 6.29. The summed E-state index contributed by atoms with van der Waals surface area (Å²) in [7, 11) is 0. The van der Waals surface area contributed by atoms with Gasteiger partial charge in [-0.15, -0.1) is 0 Å². The number of hydrogen-bond acceptors (Lipinski definition) is 8. The average Bonchev–Trinajstić information content (AvgIpc) is 3.83. The fourth-order valence-corrected chi connectivity index (χ4v) is 5.26. The molecule has 0 fully saturated rings. The van der Waals surface area contributed by atoms with Crippen LogP contribution in [0, 0.1) is 0 Å². The number of rotatable bonds is 8. The zero-order valence-corrected chi connectivity index (χ0v) is 28.1. The molecule has 8 aromatic rings. The molecule has 8 rings (SSSR count). The number of nitrogens with zero attached hydrogens (tertiary/aromatic N) is 4. The summed E-state index contributed by atoms with van der Waals surface area (Å²) >= 11 is 5.70. The summed E-state index contributed by atoms with van der Waals surface area (Å²) in [6, 6.07) is 34.3. The smallest absolute Gasteiger partial charge is 0.196 e. The Balaban J connectivity index is 0.000000150. The van der Waals surface area contributed by atoms with E-state index in [1.54, 1.807) is 55.2 Å². The number of ketones is 2. The number of carbonyl (C=O) groups excluding carboxylic acids is 2. The van der Waals surface area contributed by atoms with Crippen LogP contribution in [-0.4, -0.2) is 41.5 Å². The van der Waals surface area contributed by atoms with Gasteiger partial charge in [-0.05, 0) is 59.7 Å². The predicted octanol–water partition coefficient (Wildman–Crippen LogP) is 7.79. The van der Waals surface area contributed by atoms with Crippen LogP contribution in [0.15, 0.2) is 146 Å². The van der Waals surface area contributed by atoms with Gasteiger partial charge in [0.1, 0.15) is 22.3 Å². The van der Waals surface area contributed by atoms with Crippen LogP contribution >= 0.6 is 11.6 Å². The first-order valence-electron chi connectivity index (χ1n) is 16.0. The van der Waals surface area contributed by atoms with Gasteiger partial charge in [0.15, 0.2) is 11.6 Å². The Morgan fingerprint density at radius 1 is 0.608 bits per heavy atom. The lowest BCUT2D eigenvalue weighted by Gasteiger charge is -2.06. The van der Waals surface area contributed by atoms with Crippen molar-refractivity contribution >= 4 is 51.1 Å². The van der Waals surface area contributed by atoms with Crippen LogP contribution in [0.25, 0.3) is 22.1 Å². The summed E-state index contributed by atoms with van der Waals surface area (Å²) in [5.41, 5.74) is 11.4. The molecule has 0 saturated heterocycles. The largest absolute Gasteiger partial charge is 0.366 e. The van der Waals surface area contributed by atoms with Gasteiger partial charge in [0.05, 0.1) is 0 Å². The molecule has 0 radical (unpaired) electrons. The molecule has 0 aliphatic heterocycles. The second-order valence-corrected chi connectivity index (χ2v) is 11.6. The molecule has 5 N–H and O–H groups in total. The summed E-state index contributed by atoms with van der Waals surface area (Å²) in [5.74, 6) is 0.570. The van der Waals surface area contributed by atoms with E-state index >= 15 is 0 Å². The van der Waals surface area contributed by atoms with Gasteiger partial charge in [0.2, 0.25) is 0 Å². The fraction of sp³-hybridized carbons (Fsp3) is 0.0500. The predicted molar refractivity (Wildman–Crippen MR) is 201 cm³/mol. The Kier molecular flexibility index (Phi) is 11.3. The van der Waals surface area contributed by atoms with Crippen LogP contribution in [0.5, 0.6) is 0 Å².